The van der Waals surface area contributed by atoms with E-state index in [0.717, 1.165) is 49.3 Å². The molecule has 0 aliphatic carbocycles. The highest BCUT2D eigenvalue weighted by atomic mass is 32.1. The number of aromatic nitrogens is 2. The molecule has 5 heteroatoms. The molecule has 0 unspecified atom stereocenters. The number of piperidine rings is 1. The molecule has 2 heterocycles. The second-order valence-electron chi connectivity index (χ2n) is 4.73. The van der Waals surface area contributed by atoms with Gasteiger partial charge in [0.05, 0.1) is 0 Å². The smallest absolute Gasteiger partial charge is 0.205 e. The van der Waals surface area contributed by atoms with Gasteiger partial charge in [-0.25, -0.2) is 4.98 Å². The molecule has 1 N–H and O–H groups in total. The van der Waals surface area contributed by atoms with Crippen LogP contribution in [0.2, 0.25) is 0 Å². The van der Waals surface area contributed by atoms with Crippen LogP contribution in [0.1, 0.15) is 32.0 Å². The second-order valence-corrected chi connectivity index (χ2v) is 5.46. The predicted molar refractivity (Wildman–Crippen MR) is 72.8 cm³/mol. The average Bonchev–Trinajstić information content (AvgIpc) is 2.80. The summed E-state index contributed by atoms with van der Waals surface area (Å²) in [5, 5.41) is 4.39. The molecule has 17 heavy (non-hydrogen) atoms. The van der Waals surface area contributed by atoms with Crippen molar-refractivity contribution >= 4 is 16.7 Å². The van der Waals surface area contributed by atoms with E-state index >= 15 is 0 Å². The van der Waals surface area contributed by atoms with Gasteiger partial charge in [0.1, 0.15) is 5.82 Å². The zero-order chi connectivity index (χ0) is 12.1. The van der Waals surface area contributed by atoms with Crippen molar-refractivity contribution in [3.63, 3.8) is 0 Å². The molecule has 0 amide bonds. The molecule has 96 valence electrons. The summed E-state index contributed by atoms with van der Waals surface area (Å²) in [6.45, 7) is 5.58. The maximum absolute atomic E-state index is 4.61. The molecule has 0 spiro atoms. The Labute approximate surface area is 108 Å². The van der Waals surface area contributed by atoms with Gasteiger partial charge in [-0.1, -0.05) is 6.92 Å². The number of hydrogen-bond donors (Lipinski definition) is 1. The Bertz CT molecular complexity index is 331. The van der Waals surface area contributed by atoms with Crippen LogP contribution in [-0.4, -0.2) is 36.0 Å². The summed E-state index contributed by atoms with van der Waals surface area (Å²) < 4.78 is 4.41. The van der Waals surface area contributed by atoms with Crippen molar-refractivity contribution < 1.29 is 0 Å². The third-order valence-corrected chi connectivity index (χ3v) is 4.12. The Morgan fingerprint density at radius 2 is 2.18 bits per heavy atom. The van der Waals surface area contributed by atoms with Gasteiger partial charge in [0.15, 0.2) is 0 Å². The van der Waals surface area contributed by atoms with Gasteiger partial charge < -0.3 is 10.2 Å². The highest BCUT2D eigenvalue weighted by molar-refractivity contribution is 7.09. The summed E-state index contributed by atoms with van der Waals surface area (Å²) >= 11 is 1.56. The van der Waals surface area contributed by atoms with E-state index < -0.39 is 0 Å². The second kappa shape index (κ2) is 6.31. The Balaban J connectivity index is 1.86. The maximum Gasteiger partial charge on any atom is 0.205 e. The van der Waals surface area contributed by atoms with Crippen molar-refractivity contribution in [2.75, 3.05) is 31.6 Å². The highest BCUT2D eigenvalue weighted by Crippen LogP contribution is 2.24. The van der Waals surface area contributed by atoms with E-state index in [-0.39, 0.29) is 0 Å². The van der Waals surface area contributed by atoms with Crippen molar-refractivity contribution in [3.05, 3.63) is 5.82 Å². The van der Waals surface area contributed by atoms with E-state index in [2.05, 4.69) is 26.5 Å². The molecule has 1 aromatic heterocycles. The first-order valence-corrected chi connectivity index (χ1v) is 7.33. The standard InChI is InChI=1S/C12H22N4S/c1-3-4-11-14-12(17-15-11)16-7-5-10(6-8-16)9-13-2/h10,13H,3-9H2,1-2H3. The molecular weight excluding hydrogens is 232 g/mol. The van der Waals surface area contributed by atoms with Gasteiger partial charge in [-0.3, -0.25) is 0 Å². The molecule has 2 rings (SSSR count). The van der Waals surface area contributed by atoms with E-state index in [4.69, 9.17) is 0 Å². The minimum absolute atomic E-state index is 0.833. The van der Waals surface area contributed by atoms with Crippen LogP contribution in [0.4, 0.5) is 5.13 Å². The van der Waals surface area contributed by atoms with Crippen molar-refractivity contribution in [1.29, 1.82) is 0 Å². The Morgan fingerprint density at radius 1 is 1.41 bits per heavy atom. The molecule has 0 radical (unpaired) electrons. The molecule has 4 nitrogen and oxygen atoms in total. The van der Waals surface area contributed by atoms with Crippen molar-refractivity contribution in [2.24, 2.45) is 5.92 Å². The van der Waals surface area contributed by atoms with Crippen LogP contribution in [0, 0.1) is 5.92 Å². The number of nitrogens with zero attached hydrogens (tertiary/aromatic N) is 3. The SMILES string of the molecule is CCCc1nsc(N2CCC(CNC)CC2)n1. The number of nitrogens with one attached hydrogen (secondary N) is 1. The predicted octanol–water partition coefficient (Wildman–Crippen LogP) is 1.93. The summed E-state index contributed by atoms with van der Waals surface area (Å²) in [5.41, 5.74) is 0. The first-order chi connectivity index (χ1) is 8.33. The fourth-order valence-electron chi connectivity index (χ4n) is 2.32. The van der Waals surface area contributed by atoms with E-state index in [1.54, 1.807) is 11.5 Å². The number of rotatable bonds is 5. The zero-order valence-corrected chi connectivity index (χ0v) is 11.6. The largest absolute Gasteiger partial charge is 0.347 e. The average molecular weight is 254 g/mol. The van der Waals surface area contributed by atoms with Gasteiger partial charge in [0.25, 0.3) is 0 Å². The van der Waals surface area contributed by atoms with E-state index in [1.165, 1.54) is 12.8 Å². The maximum atomic E-state index is 4.61. The normalized spacial score (nSPS) is 17.6. The molecule has 0 aromatic carbocycles. The third kappa shape index (κ3) is 3.39. The summed E-state index contributed by atoms with van der Waals surface area (Å²) in [5.74, 6) is 1.85. The topological polar surface area (TPSA) is 41.1 Å². The van der Waals surface area contributed by atoms with Crippen LogP contribution in [0.5, 0.6) is 0 Å². The Morgan fingerprint density at radius 3 is 2.82 bits per heavy atom. The number of aryl methyl sites for hydroxylation is 1. The lowest BCUT2D eigenvalue weighted by molar-refractivity contribution is 0.393. The van der Waals surface area contributed by atoms with Crippen LogP contribution in [0.25, 0.3) is 0 Å². The quantitative estimate of drug-likeness (QED) is 0.871. The fourth-order valence-corrected chi connectivity index (χ4v) is 3.08. The van der Waals surface area contributed by atoms with Crippen LogP contribution in [0.3, 0.4) is 0 Å². The summed E-state index contributed by atoms with van der Waals surface area (Å²) in [7, 11) is 2.04. The van der Waals surface area contributed by atoms with Gasteiger partial charge in [-0.2, -0.15) is 4.37 Å². The third-order valence-electron chi connectivity index (χ3n) is 3.31. The minimum Gasteiger partial charge on any atom is -0.347 e. The Kier molecular flexibility index (Phi) is 4.74. The van der Waals surface area contributed by atoms with E-state index in [1.807, 2.05) is 7.05 Å². The molecular formula is C12H22N4S. The first-order valence-electron chi connectivity index (χ1n) is 6.55. The molecule has 1 aliphatic heterocycles. The van der Waals surface area contributed by atoms with E-state index in [9.17, 15) is 0 Å². The molecule has 0 atom stereocenters. The van der Waals surface area contributed by atoms with Crippen LogP contribution in [-0.2, 0) is 6.42 Å². The zero-order valence-electron chi connectivity index (χ0n) is 10.8. The molecule has 1 aliphatic rings. The number of hydrogen-bond acceptors (Lipinski definition) is 5. The highest BCUT2D eigenvalue weighted by Gasteiger charge is 2.21. The lowest BCUT2D eigenvalue weighted by Crippen LogP contribution is -2.36. The van der Waals surface area contributed by atoms with E-state index in [0.29, 0.717) is 0 Å². The molecule has 1 aromatic rings. The van der Waals surface area contributed by atoms with Gasteiger partial charge in [-0.05, 0) is 38.8 Å². The molecule has 1 saturated heterocycles. The van der Waals surface area contributed by atoms with Crippen molar-refractivity contribution in [1.82, 2.24) is 14.7 Å². The van der Waals surface area contributed by atoms with Crippen LogP contribution >= 0.6 is 11.5 Å². The summed E-state index contributed by atoms with van der Waals surface area (Å²) in [6.07, 6.45) is 4.67. The molecule has 0 bridgehead atoms. The molecule has 1 fully saturated rings. The number of anilines is 1. The monoisotopic (exact) mass is 254 g/mol. The fraction of sp³-hybridized carbons (Fsp3) is 0.833. The first kappa shape index (κ1) is 12.8. The van der Waals surface area contributed by atoms with Gasteiger partial charge in [0.2, 0.25) is 5.13 Å². The minimum atomic E-state index is 0.833. The lowest BCUT2D eigenvalue weighted by atomic mass is 9.97. The van der Waals surface area contributed by atoms with Gasteiger partial charge in [0, 0.05) is 31.0 Å². The van der Waals surface area contributed by atoms with Gasteiger partial charge in [-0.15, -0.1) is 0 Å². The lowest BCUT2D eigenvalue weighted by Gasteiger charge is -2.31. The van der Waals surface area contributed by atoms with Crippen LogP contribution in [0.15, 0.2) is 0 Å². The van der Waals surface area contributed by atoms with Crippen molar-refractivity contribution in [2.45, 2.75) is 32.6 Å². The Hall–Kier alpha value is -0.680. The summed E-state index contributed by atoms with van der Waals surface area (Å²) in [4.78, 5) is 7.00. The summed E-state index contributed by atoms with van der Waals surface area (Å²) in [6, 6.07) is 0. The van der Waals surface area contributed by atoms with Crippen LogP contribution < -0.4 is 10.2 Å². The van der Waals surface area contributed by atoms with Gasteiger partial charge >= 0.3 is 0 Å². The molecule has 0 saturated carbocycles. The van der Waals surface area contributed by atoms with Crippen molar-refractivity contribution in [3.8, 4) is 0 Å².